The predicted molar refractivity (Wildman–Crippen MR) is 77.7 cm³/mol. The molecule has 0 radical (unpaired) electrons. The number of carbonyl (C=O) groups excluding carboxylic acids is 1. The fourth-order valence-corrected chi connectivity index (χ4v) is 1.76. The second kappa shape index (κ2) is 8.97. The highest BCUT2D eigenvalue weighted by Crippen LogP contribution is 2.21. The van der Waals surface area contributed by atoms with Gasteiger partial charge in [-0.05, 0) is 44.0 Å². The Morgan fingerprint density at radius 1 is 1.38 bits per heavy atom. The first kappa shape index (κ1) is 17.0. The van der Waals surface area contributed by atoms with Crippen LogP contribution in [0.25, 0.3) is 0 Å². The smallest absolute Gasteiger partial charge is 0.305 e. The lowest BCUT2D eigenvalue weighted by Crippen LogP contribution is -2.07. The lowest BCUT2D eigenvalue weighted by molar-refractivity contribution is -0.143. The molecule has 1 aromatic rings. The maximum atomic E-state index is 11.2. The molecule has 1 aromatic carbocycles. The van der Waals surface area contributed by atoms with E-state index >= 15 is 0 Å². The van der Waals surface area contributed by atoms with Gasteiger partial charge in [0.25, 0.3) is 0 Å². The van der Waals surface area contributed by atoms with Crippen LogP contribution in [0.4, 0.5) is 0 Å². The molecule has 0 bridgehead atoms. The number of hydrogen-bond donors (Lipinski definition) is 2. The molecule has 0 unspecified atom stereocenters. The molecule has 6 nitrogen and oxygen atoms in total. The molecule has 6 heteroatoms. The molecule has 0 aliphatic carbocycles. The Kier molecular flexibility index (Phi) is 7.25. The van der Waals surface area contributed by atoms with E-state index in [-0.39, 0.29) is 12.6 Å². The second-order valence-electron chi connectivity index (χ2n) is 4.42. The Morgan fingerprint density at radius 3 is 2.76 bits per heavy atom. The Bertz CT molecular complexity index is 499. The van der Waals surface area contributed by atoms with Gasteiger partial charge in [-0.25, -0.2) is 0 Å². The van der Waals surface area contributed by atoms with Crippen LogP contribution < -0.4 is 4.74 Å². The number of esters is 1. The van der Waals surface area contributed by atoms with E-state index in [2.05, 4.69) is 5.16 Å². The van der Waals surface area contributed by atoms with Crippen LogP contribution in [0.15, 0.2) is 23.4 Å². The first-order valence-electron chi connectivity index (χ1n) is 6.83. The Hall–Kier alpha value is -2.08. The third-order valence-electron chi connectivity index (χ3n) is 2.89. The number of aliphatic hydroxyl groups is 1. The van der Waals surface area contributed by atoms with E-state index in [1.807, 2.05) is 0 Å². The third-order valence-corrected chi connectivity index (χ3v) is 2.89. The molecule has 1 rings (SSSR count). The van der Waals surface area contributed by atoms with Crippen LogP contribution in [-0.2, 0) is 16.1 Å². The molecule has 0 aliphatic heterocycles. The van der Waals surface area contributed by atoms with Crippen LogP contribution in [0.5, 0.6) is 5.75 Å². The van der Waals surface area contributed by atoms with E-state index in [0.29, 0.717) is 48.6 Å². The van der Waals surface area contributed by atoms with Crippen LogP contribution >= 0.6 is 0 Å². The van der Waals surface area contributed by atoms with Crippen molar-refractivity contribution >= 4 is 11.7 Å². The summed E-state index contributed by atoms with van der Waals surface area (Å²) in [5.74, 6) is 0.310. The summed E-state index contributed by atoms with van der Waals surface area (Å²) >= 11 is 0. The van der Waals surface area contributed by atoms with Gasteiger partial charge in [0.15, 0.2) is 0 Å². The number of hydrogen-bond acceptors (Lipinski definition) is 6. The average Bonchev–Trinajstić information content (AvgIpc) is 2.51. The van der Waals surface area contributed by atoms with E-state index in [4.69, 9.17) is 14.7 Å². The van der Waals surface area contributed by atoms with Crippen molar-refractivity contribution < 1.29 is 24.6 Å². The summed E-state index contributed by atoms with van der Waals surface area (Å²) in [6, 6.07) is 5.16. The van der Waals surface area contributed by atoms with Crippen LogP contribution in [0, 0.1) is 0 Å². The van der Waals surface area contributed by atoms with Gasteiger partial charge in [0, 0.05) is 12.0 Å². The zero-order chi connectivity index (χ0) is 15.7. The van der Waals surface area contributed by atoms with Crippen molar-refractivity contribution in [3.63, 3.8) is 0 Å². The summed E-state index contributed by atoms with van der Waals surface area (Å²) in [5, 5.41) is 21.2. The van der Waals surface area contributed by atoms with Crippen molar-refractivity contribution in [3.8, 4) is 5.75 Å². The normalized spacial score (nSPS) is 11.3. The predicted octanol–water partition coefficient (Wildman–Crippen LogP) is 2.10. The molecule has 0 fully saturated rings. The van der Waals surface area contributed by atoms with E-state index < -0.39 is 0 Å². The van der Waals surface area contributed by atoms with Crippen LogP contribution in [-0.4, -0.2) is 35.2 Å². The van der Waals surface area contributed by atoms with Crippen molar-refractivity contribution in [3.05, 3.63) is 29.3 Å². The average molecular weight is 295 g/mol. The highest BCUT2D eigenvalue weighted by atomic mass is 16.5. The molecular formula is C15H21NO5. The number of nitrogens with zero attached hydrogens (tertiary/aromatic N) is 1. The van der Waals surface area contributed by atoms with Gasteiger partial charge in [0.2, 0.25) is 0 Å². The Balaban J connectivity index is 2.57. The third kappa shape index (κ3) is 5.43. The SMILES string of the molecule is CCOC(=O)CCCOc1ccc(/C(C)=N\O)cc1CO. The molecule has 0 saturated carbocycles. The number of carbonyl (C=O) groups is 1. The molecule has 0 atom stereocenters. The first-order chi connectivity index (χ1) is 10.1. The van der Waals surface area contributed by atoms with Crippen molar-refractivity contribution in [1.82, 2.24) is 0 Å². The Labute approximate surface area is 124 Å². The Morgan fingerprint density at radius 2 is 2.14 bits per heavy atom. The molecule has 0 spiro atoms. The minimum atomic E-state index is -0.242. The minimum Gasteiger partial charge on any atom is -0.493 e. The molecule has 2 N–H and O–H groups in total. The van der Waals surface area contributed by atoms with Gasteiger partial charge in [-0.3, -0.25) is 4.79 Å². The van der Waals surface area contributed by atoms with Gasteiger partial charge in [0.05, 0.1) is 25.5 Å². The van der Waals surface area contributed by atoms with Crippen molar-refractivity contribution in [2.24, 2.45) is 5.16 Å². The molecule has 0 saturated heterocycles. The monoisotopic (exact) mass is 295 g/mol. The number of aliphatic hydroxyl groups excluding tert-OH is 1. The summed E-state index contributed by atoms with van der Waals surface area (Å²) in [5.41, 5.74) is 1.77. The van der Waals surface area contributed by atoms with Gasteiger partial charge >= 0.3 is 5.97 Å². The van der Waals surface area contributed by atoms with Gasteiger partial charge in [-0.15, -0.1) is 0 Å². The number of oxime groups is 1. The second-order valence-corrected chi connectivity index (χ2v) is 4.42. The zero-order valence-corrected chi connectivity index (χ0v) is 12.3. The fourth-order valence-electron chi connectivity index (χ4n) is 1.76. The summed E-state index contributed by atoms with van der Waals surface area (Å²) in [4.78, 5) is 11.2. The standard InChI is InChI=1S/C15H21NO5/c1-3-20-15(18)5-4-8-21-14-7-6-12(11(2)16-19)9-13(14)10-17/h6-7,9,17,19H,3-5,8,10H2,1-2H3/b16-11-. The van der Waals surface area contributed by atoms with Gasteiger partial charge in [-0.2, -0.15) is 0 Å². The van der Waals surface area contributed by atoms with Crippen molar-refractivity contribution in [2.45, 2.75) is 33.3 Å². The lowest BCUT2D eigenvalue weighted by atomic mass is 10.1. The minimum absolute atomic E-state index is 0.181. The van der Waals surface area contributed by atoms with E-state index in [1.165, 1.54) is 0 Å². The van der Waals surface area contributed by atoms with Crippen LogP contribution in [0.1, 0.15) is 37.8 Å². The fraction of sp³-hybridized carbons (Fsp3) is 0.467. The van der Waals surface area contributed by atoms with Gasteiger partial charge in [-0.1, -0.05) is 5.16 Å². The van der Waals surface area contributed by atoms with Crippen LogP contribution in [0.2, 0.25) is 0 Å². The molecular weight excluding hydrogens is 274 g/mol. The molecule has 0 aromatic heterocycles. The highest BCUT2D eigenvalue weighted by molar-refractivity contribution is 5.98. The number of rotatable bonds is 8. The van der Waals surface area contributed by atoms with Crippen LogP contribution in [0.3, 0.4) is 0 Å². The van der Waals surface area contributed by atoms with E-state index in [0.717, 1.165) is 0 Å². The first-order valence-corrected chi connectivity index (χ1v) is 6.83. The topological polar surface area (TPSA) is 88.4 Å². The molecule has 0 amide bonds. The van der Waals surface area contributed by atoms with Gasteiger partial charge < -0.3 is 19.8 Å². The summed E-state index contributed by atoms with van der Waals surface area (Å²) in [6.45, 7) is 3.98. The maximum absolute atomic E-state index is 11.2. The molecule has 21 heavy (non-hydrogen) atoms. The van der Waals surface area contributed by atoms with E-state index in [9.17, 15) is 9.90 Å². The molecule has 0 heterocycles. The summed E-state index contributed by atoms with van der Waals surface area (Å²) in [6.07, 6.45) is 0.846. The molecule has 116 valence electrons. The zero-order valence-electron chi connectivity index (χ0n) is 12.3. The molecule has 0 aliphatic rings. The van der Waals surface area contributed by atoms with Crippen molar-refractivity contribution in [2.75, 3.05) is 13.2 Å². The summed E-state index contributed by atoms with van der Waals surface area (Å²) in [7, 11) is 0. The largest absolute Gasteiger partial charge is 0.493 e. The maximum Gasteiger partial charge on any atom is 0.305 e. The quantitative estimate of drug-likeness (QED) is 0.252. The number of ether oxygens (including phenoxy) is 2. The lowest BCUT2D eigenvalue weighted by Gasteiger charge is -2.11. The van der Waals surface area contributed by atoms with Crippen molar-refractivity contribution in [1.29, 1.82) is 0 Å². The number of benzene rings is 1. The van der Waals surface area contributed by atoms with Gasteiger partial charge in [0.1, 0.15) is 5.75 Å². The summed E-state index contributed by atoms with van der Waals surface area (Å²) < 4.78 is 10.4. The highest BCUT2D eigenvalue weighted by Gasteiger charge is 2.07. The van der Waals surface area contributed by atoms with E-state index in [1.54, 1.807) is 32.0 Å².